The number of carbonyl (C=O) groups is 2. The van der Waals surface area contributed by atoms with Crippen LogP contribution in [0, 0.1) is 12.8 Å². The van der Waals surface area contributed by atoms with Crippen LogP contribution in [0.2, 0.25) is 5.02 Å². The van der Waals surface area contributed by atoms with Crippen molar-refractivity contribution in [1.29, 1.82) is 0 Å². The first-order valence-corrected chi connectivity index (χ1v) is 10.1. The number of thiophene rings is 1. The third kappa shape index (κ3) is 4.28. The molecular formula is C20H23ClN2O3S. The maximum atomic E-state index is 12.6. The molecule has 27 heavy (non-hydrogen) atoms. The number of aryl methyl sites for hydroxylation is 1. The molecule has 144 valence electrons. The number of nitrogens with one attached hydrogen (secondary N) is 1. The Labute approximate surface area is 167 Å². The van der Waals surface area contributed by atoms with E-state index in [1.807, 2.05) is 6.92 Å². The van der Waals surface area contributed by atoms with E-state index in [4.69, 9.17) is 22.1 Å². The highest BCUT2D eigenvalue weighted by Crippen LogP contribution is 2.39. The fourth-order valence-corrected chi connectivity index (χ4v) is 4.95. The van der Waals surface area contributed by atoms with Gasteiger partial charge in [0, 0.05) is 9.90 Å². The number of fused-ring (bicyclic) bond motifs is 1. The van der Waals surface area contributed by atoms with Crippen LogP contribution in [0.3, 0.4) is 0 Å². The van der Waals surface area contributed by atoms with Crippen molar-refractivity contribution in [2.75, 3.05) is 5.32 Å². The highest BCUT2D eigenvalue weighted by molar-refractivity contribution is 7.17. The highest BCUT2D eigenvalue weighted by atomic mass is 35.5. The summed E-state index contributed by atoms with van der Waals surface area (Å²) in [5.74, 6) is 0.338. The molecule has 2 atom stereocenters. The van der Waals surface area contributed by atoms with E-state index in [9.17, 15) is 9.59 Å². The van der Waals surface area contributed by atoms with Crippen LogP contribution in [0.15, 0.2) is 18.2 Å². The first kappa shape index (κ1) is 19.7. The Morgan fingerprint density at radius 2 is 2.15 bits per heavy atom. The number of carbonyl (C=O) groups excluding carboxylic acids is 2. The minimum atomic E-state index is -0.733. The second-order valence-electron chi connectivity index (χ2n) is 7.08. The smallest absolute Gasteiger partial charge is 0.265 e. The lowest BCUT2D eigenvalue weighted by Gasteiger charge is -2.18. The molecule has 0 radical (unpaired) electrons. The second-order valence-corrected chi connectivity index (χ2v) is 8.62. The number of hydrogen-bond donors (Lipinski definition) is 2. The maximum absolute atomic E-state index is 12.6. The summed E-state index contributed by atoms with van der Waals surface area (Å²) < 4.78 is 5.77. The van der Waals surface area contributed by atoms with Crippen molar-refractivity contribution in [2.24, 2.45) is 11.7 Å². The summed E-state index contributed by atoms with van der Waals surface area (Å²) in [7, 11) is 0. The minimum absolute atomic E-state index is 0.321. The van der Waals surface area contributed by atoms with Gasteiger partial charge in [0.1, 0.15) is 10.8 Å². The average Bonchev–Trinajstić information content (AvgIpc) is 2.94. The van der Waals surface area contributed by atoms with Gasteiger partial charge in [0.2, 0.25) is 0 Å². The van der Waals surface area contributed by atoms with E-state index in [-0.39, 0.29) is 5.91 Å². The number of hydrogen-bond acceptors (Lipinski definition) is 4. The fraction of sp³-hybridized carbons (Fsp3) is 0.400. The molecule has 0 unspecified atom stereocenters. The molecule has 0 aliphatic heterocycles. The van der Waals surface area contributed by atoms with E-state index in [0.29, 0.717) is 27.3 Å². The van der Waals surface area contributed by atoms with E-state index < -0.39 is 12.0 Å². The van der Waals surface area contributed by atoms with Gasteiger partial charge in [-0.1, -0.05) is 18.5 Å². The number of rotatable bonds is 5. The van der Waals surface area contributed by atoms with Gasteiger partial charge in [0.05, 0.1) is 5.56 Å². The molecule has 3 N–H and O–H groups in total. The predicted molar refractivity (Wildman–Crippen MR) is 109 cm³/mol. The number of benzene rings is 1. The fourth-order valence-electron chi connectivity index (χ4n) is 3.30. The highest BCUT2D eigenvalue weighted by Gasteiger charge is 2.28. The number of halogens is 1. The van der Waals surface area contributed by atoms with Crippen LogP contribution in [0.25, 0.3) is 0 Å². The van der Waals surface area contributed by atoms with Gasteiger partial charge in [-0.05, 0) is 68.4 Å². The quantitative estimate of drug-likeness (QED) is 0.774. The Balaban J connectivity index is 1.78. The molecule has 2 amide bonds. The molecule has 7 heteroatoms. The Kier molecular flexibility index (Phi) is 5.77. The molecule has 0 spiro atoms. The Bertz CT molecular complexity index is 894. The molecule has 1 heterocycles. The van der Waals surface area contributed by atoms with Gasteiger partial charge in [-0.15, -0.1) is 11.3 Å². The molecule has 1 aromatic heterocycles. The van der Waals surface area contributed by atoms with E-state index >= 15 is 0 Å². The van der Waals surface area contributed by atoms with Gasteiger partial charge in [-0.2, -0.15) is 0 Å². The van der Waals surface area contributed by atoms with Gasteiger partial charge >= 0.3 is 0 Å². The van der Waals surface area contributed by atoms with Crippen LogP contribution in [0.1, 0.15) is 46.6 Å². The monoisotopic (exact) mass is 406 g/mol. The van der Waals surface area contributed by atoms with Gasteiger partial charge in [-0.25, -0.2) is 0 Å². The van der Waals surface area contributed by atoms with E-state index in [2.05, 4.69) is 12.2 Å². The maximum Gasteiger partial charge on any atom is 0.265 e. The van der Waals surface area contributed by atoms with Gasteiger partial charge in [0.25, 0.3) is 11.8 Å². The number of nitrogens with two attached hydrogens (primary N) is 1. The Morgan fingerprint density at radius 3 is 2.81 bits per heavy atom. The number of anilines is 1. The summed E-state index contributed by atoms with van der Waals surface area (Å²) in [4.78, 5) is 25.8. The summed E-state index contributed by atoms with van der Waals surface area (Å²) in [5, 5.41) is 3.98. The molecule has 2 aromatic rings. The zero-order valence-corrected chi connectivity index (χ0v) is 17.2. The lowest BCUT2D eigenvalue weighted by atomic mass is 9.88. The van der Waals surface area contributed by atoms with E-state index in [0.717, 1.165) is 35.3 Å². The van der Waals surface area contributed by atoms with Crippen LogP contribution in [-0.4, -0.2) is 17.9 Å². The summed E-state index contributed by atoms with van der Waals surface area (Å²) >= 11 is 7.40. The molecule has 0 bridgehead atoms. The third-order valence-electron chi connectivity index (χ3n) is 4.80. The van der Waals surface area contributed by atoms with Crippen molar-refractivity contribution in [3.63, 3.8) is 0 Å². The molecule has 0 saturated heterocycles. The van der Waals surface area contributed by atoms with Crippen LogP contribution in [0.5, 0.6) is 5.75 Å². The summed E-state index contributed by atoms with van der Waals surface area (Å²) in [5.41, 5.74) is 7.89. The summed E-state index contributed by atoms with van der Waals surface area (Å²) in [6, 6.07) is 5.23. The number of ether oxygens (including phenoxy) is 1. The van der Waals surface area contributed by atoms with Crippen LogP contribution >= 0.6 is 22.9 Å². The first-order valence-electron chi connectivity index (χ1n) is 8.94. The lowest BCUT2D eigenvalue weighted by molar-refractivity contribution is -0.122. The molecular weight excluding hydrogens is 384 g/mol. The number of amides is 2. The molecule has 1 aliphatic rings. The zero-order valence-electron chi connectivity index (χ0n) is 15.6. The standard InChI is InChI=1S/C20H23ClN2O3S/c1-10-4-6-14-16(8-10)27-20(17(14)18(22)24)23-19(25)12(3)26-15-7-5-13(21)9-11(15)2/h5,7,9-10,12H,4,6,8H2,1-3H3,(H2,22,24)(H,23,25)/t10-,12+/m0/s1. The molecule has 0 fully saturated rings. The van der Waals surface area contributed by atoms with E-state index in [1.165, 1.54) is 11.3 Å². The number of primary amides is 1. The van der Waals surface area contributed by atoms with Crippen molar-refractivity contribution < 1.29 is 14.3 Å². The second kappa shape index (κ2) is 7.90. The van der Waals surface area contributed by atoms with Gasteiger partial charge < -0.3 is 15.8 Å². The topological polar surface area (TPSA) is 81.4 Å². The molecule has 5 nitrogen and oxygen atoms in total. The SMILES string of the molecule is Cc1cc(Cl)ccc1O[C@H](C)C(=O)Nc1sc2c(c1C(N)=O)CC[C@H](C)C2. The van der Waals surface area contributed by atoms with Crippen molar-refractivity contribution in [3.8, 4) is 5.75 Å². The lowest BCUT2D eigenvalue weighted by Crippen LogP contribution is -2.31. The minimum Gasteiger partial charge on any atom is -0.481 e. The molecule has 3 rings (SSSR count). The van der Waals surface area contributed by atoms with Crippen molar-refractivity contribution in [1.82, 2.24) is 0 Å². The Hall–Kier alpha value is -2.05. The van der Waals surface area contributed by atoms with Crippen molar-refractivity contribution in [2.45, 2.75) is 46.1 Å². The van der Waals surface area contributed by atoms with Crippen LogP contribution in [-0.2, 0) is 17.6 Å². The zero-order chi connectivity index (χ0) is 19.7. The van der Waals surface area contributed by atoms with Crippen molar-refractivity contribution >= 4 is 39.8 Å². The Morgan fingerprint density at radius 1 is 1.41 bits per heavy atom. The normalized spacial score (nSPS) is 17.1. The van der Waals surface area contributed by atoms with Crippen LogP contribution in [0.4, 0.5) is 5.00 Å². The van der Waals surface area contributed by atoms with Crippen molar-refractivity contribution in [3.05, 3.63) is 44.8 Å². The van der Waals surface area contributed by atoms with Crippen LogP contribution < -0.4 is 15.8 Å². The molecule has 0 saturated carbocycles. The van der Waals surface area contributed by atoms with Gasteiger partial charge in [0.15, 0.2) is 6.10 Å². The third-order valence-corrected chi connectivity index (χ3v) is 6.21. The summed E-state index contributed by atoms with van der Waals surface area (Å²) in [6.07, 6.45) is 2.01. The first-order chi connectivity index (χ1) is 12.8. The van der Waals surface area contributed by atoms with Gasteiger partial charge in [-0.3, -0.25) is 9.59 Å². The average molecular weight is 407 g/mol. The largest absolute Gasteiger partial charge is 0.481 e. The molecule has 1 aromatic carbocycles. The predicted octanol–water partition coefficient (Wildman–Crippen LogP) is 4.34. The molecule has 1 aliphatic carbocycles. The van der Waals surface area contributed by atoms with E-state index in [1.54, 1.807) is 25.1 Å². The summed E-state index contributed by atoms with van der Waals surface area (Å²) in [6.45, 7) is 5.73.